The molecular weight excluding hydrogens is 370 g/mol. The lowest BCUT2D eigenvalue weighted by molar-refractivity contribution is 0.327. The summed E-state index contributed by atoms with van der Waals surface area (Å²) < 4.78 is 16.6. The van der Waals surface area contributed by atoms with E-state index in [2.05, 4.69) is 25.1 Å². The first-order valence-corrected chi connectivity index (χ1v) is 9.68. The molecule has 1 aromatic carbocycles. The number of methoxy groups -OCH3 is 3. The Labute approximate surface area is 169 Å². The van der Waals surface area contributed by atoms with Gasteiger partial charge in [0.25, 0.3) is 0 Å². The number of rotatable bonds is 6. The predicted octanol–water partition coefficient (Wildman–Crippen LogP) is 2.90. The second-order valence-corrected chi connectivity index (χ2v) is 7.16. The second kappa shape index (κ2) is 8.46. The molecule has 3 aromatic rings. The lowest BCUT2D eigenvalue weighted by Crippen LogP contribution is -2.35. The molecule has 0 N–H and O–H groups in total. The zero-order valence-electron chi connectivity index (χ0n) is 17.0. The summed E-state index contributed by atoms with van der Waals surface area (Å²) in [6, 6.07) is 1.95. The van der Waals surface area contributed by atoms with Gasteiger partial charge in [0.1, 0.15) is 6.33 Å². The van der Waals surface area contributed by atoms with E-state index in [0.717, 1.165) is 48.9 Å². The van der Waals surface area contributed by atoms with Gasteiger partial charge >= 0.3 is 0 Å². The molecule has 3 heterocycles. The lowest BCUT2D eigenvalue weighted by Gasteiger charge is -2.33. The molecule has 0 radical (unpaired) electrons. The summed E-state index contributed by atoms with van der Waals surface area (Å²) in [6.45, 7) is 1.84. The topological polar surface area (TPSA) is 82.5 Å². The minimum absolute atomic E-state index is 0.560. The van der Waals surface area contributed by atoms with Crippen molar-refractivity contribution in [1.29, 1.82) is 0 Å². The van der Waals surface area contributed by atoms with E-state index in [4.69, 9.17) is 14.2 Å². The summed E-state index contributed by atoms with van der Waals surface area (Å²) in [7, 11) is 4.84. The number of benzene rings is 1. The third kappa shape index (κ3) is 3.74. The van der Waals surface area contributed by atoms with E-state index in [0.29, 0.717) is 23.2 Å². The van der Waals surface area contributed by atoms with Crippen LogP contribution < -0.4 is 19.1 Å². The molecule has 29 heavy (non-hydrogen) atoms. The lowest BCUT2D eigenvalue weighted by atomic mass is 9.91. The van der Waals surface area contributed by atoms with Crippen LogP contribution in [0.1, 0.15) is 18.4 Å². The van der Waals surface area contributed by atoms with Crippen LogP contribution in [-0.4, -0.2) is 54.6 Å². The third-order valence-electron chi connectivity index (χ3n) is 5.50. The Hall–Kier alpha value is -3.16. The number of aromatic nitrogens is 4. The number of ether oxygens (including phenoxy) is 3. The van der Waals surface area contributed by atoms with Crippen molar-refractivity contribution in [2.24, 2.45) is 5.92 Å². The summed E-state index contributed by atoms with van der Waals surface area (Å²) in [4.78, 5) is 10.5. The number of hydrogen-bond acceptors (Lipinski definition) is 8. The zero-order valence-corrected chi connectivity index (χ0v) is 17.0. The number of piperidine rings is 1. The number of fused-ring (bicyclic) bond motifs is 1. The predicted molar refractivity (Wildman–Crippen MR) is 110 cm³/mol. The minimum Gasteiger partial charge on any atom is -0.493 e. The van der Waals surface area contributed by atoms with Gasteiger partial charge in [-0.25, -0.2) is 9.97 Å². The van der Waals surface area contributed by atoms with Crippen molar-refractivity contribution in [2.45, 2.75) is 19.3 Å². The smallest absolute Gasteiger partial charge is 0.204 e. The van der Waals surface area contributed by atoms with E-state index >= 15 is 0 Å². The fraction of sp³-hybridized carbons (Fsp3) is 0.429. The number of hydrogen-bond donors (Lipinski definition) is 0. The normalized spacial score (nSPS) is 14.8. The molecule has 0 bridgehead atoms. The van der Waals surface area contributed by atoms with E-state index in [1.807, 2.05) is 18.5 Å². The monoisotopic (exact) mass is 395 g/mol. The highest BCUT2D eigenvalue weighted by Crippen LogP contribution is 2.45. The minimum atomic E-state index is 0.560. The van der Waals surface area contributed by atoms with Crippen molar-refractivity contribution >= 4 is 16.6 Å². The molecule has 0 atom stereocenters. The average molecular weight is 395 g/mol. The van der Waals surface area contributed by atoms with Crippen LogP contribution in [0.2, 0.25) is 0 Å². The van der Waals surface area contributed by atoms with Gasteiger partial charge in [-0.2, -0.15) is 5.10 Å². The van der Waals surface area contributed by atoms with Gasteiger partial charge in [0.15, 0.2) is 17.3 Å². The standard InChI is InChI=1S/C21H25N5O3/c1-27-18-9-16-17(19(28-2)20(18)29-3)12-24-25-21(16)26-6-4-14(5-7-26)8-15-10-22-13-23-11-15/h9-14H,4-8H2,1-3H3. The molecule has 8 heteroatoms. The maximum absolute atomic E-state index is 5.61. The average Bonchev–Trinajstić information content (AvgIpc) is 2.78. The quantitative estimate of drug-likeness (QED) is 0.630. The summed E-state index contributed by atoms with van der Waals surface area (Å²) >= 11 is 0. The van der Waals surface area contributed by atoms with E-state index in [-0.39, 0.29) is 0 Å². The zero-order chi connectivity index (χ0) is 20.2. The highest BCUT2D eigenvalue weighted by Gasteiger charge is 2.25. The van der Waals surface area contributed by atoms with Gasteiger partial charge in [-0.1, -0.05) is 0 Å². The van der Waals surface area contributed by atoms with Crippen LogP contribution in [-0.2, 0) is 6.42 Å². The van der Waals surface area contributed by atoms with Crippen molar-refractivity contribution in [3.05, 3.63) is 36.5 Å². The molecule has 2 aromatic heterocycles. The van der Waals surface area contributed by atoms with Crippen molar-refractivity contribution in [1.82, 2.24) is 20.2 Å². The summed E-state index contributed by atoms with van der Waals surface area (Å²) in [5.74, 6) is 3.25. The summed E-state index contributed by atoms with van der Waals surface area (Å²) in [5, 5.41) is 10.5. The fourth-order valence-electron chi connectivity index (χ4n) is 4.04. The Morgan fingerprint density at radius 1 is 0.931 bits per heavy atom. The van der Waals surface area contributed by atoms with Crippen LogP contribution in [0.25, 0.3) is 10.8 Å². The molecule has 0 spiro atoms. The van der Waals surface area contributed by atoms with Gasteiger partial charge in [0.2, 0.25) is 5.75 Å². The molecule has 0 saturated carbocycles. The molecule has 1 aliphatic heterocycles. The number of anilines is 1. The van der Waals surface area contributed by atoms with Gasteiger partial charge in [-0.3, -0.25) is 0 Å². The SMILES string of the molecule is COc1cc2c(N3CCC(Cc4cncnc4)CC3)nncc2c(OC)c1OC. The Kier molecular flexibility index (Phi) is 5.59. The molecule has 0 aliphatic carbocycles. The molecule has 4 rings (SSSR count). The molecule has 152 valence electrons. The first-order chi connectivity index (χ1) is 14.2. The van der Waals surface area contributed by atoms with Crippen LogP contribution >= 0.6 is 0 Å². The maximum atomic E-state index is 5.61. The summed E-state index contributed by atoms with van der Waals surface area (Å²) in [6.07, 6.45) is 10.3. The molecule has 1 aliphatic rings. The highest BCUT2D eigenvalue weighted by atomic mass is 16.5. The first kappa shape index (κ1) is 19.2. The van der Waals surface area contributed by atoms with E-state index in [1.165, 1.54) is 5.56 Å². The first-order valence-electron chi connectivity index (χ1n) is 9.68. The van der Waals surface area contributed by atoms with Gasteiger partial charge in [0.05, 0.1) is 32.9 Å². The van der Waals surface area contributed by atoms with Gasteiger partial charge in [-0.15, -0.1) is 5.10 Å². The highest BCUT2D eigenvalue weighted by molar-refractivity contribution is 5.99. The Morgan fingerprint density at radius 3 is 2.31 bits per heavy atom. The van der Waals surface area contributed by atoms with Crippen LogP contribution in [0.4, 0.5) is 5.82 Å². The van der Waals surface area contributed by atoms with Gasteiger partial charge in [0, 0.05) is 30.9 Å². The maximum Gasteiger partial charge on any atom is 0.204 e. The van der Waals surface area contributed by atoms with Gasteiger partial charge in [-0.05, 0) is 36.8 Å². The van der Waals surface area contributed by atoms with Crippen molar-refractivity contribution in [3.63, 3.8) is 0 Å². The fourth-order valence-corrected chi connectivity index (χ4v) is 4.04. The molecule has 0 amide bonds. The van der Waals surface area contributed by atoms with Crippen LogP contribution in [0.15, 0.2) is 31.0 Å². The Morgan fingerprint density at radius 2 is 1.66 bits per heavy atom. The molecule has 8 nitrogen and oxygen atoms in total. The summed E-state index contributed by atoms with van der Waals surface area (Å²) in [5.41, 5.74) is 1.19. The Balaban J connectivity index is 1.60. The van der Waals surface area contributed by atoms with Crippen LogP contribution in [0.3, 0.4) is 0 Å². The second-order valence-electron chi connectivity index (χ2n) is 7.16. The van der Waals surface area contributed by atoms with Gasteiger partial charge < -0.3 is 19.1 Å². The number of nitrogens with zero attached hydrogens (tertiary/aromatic N) is 5. The van der Waals surface area contributed by atoms with E-state index < -0.39 is 0 Å². The van der Waals surface area contributed by atoms with E-state index in [9.17, 15) is 0 Å². The molecule has 1 saturated heterocycles. The van der Waals surface area contributed by atoms with Crippen LogP contribution in [0.5, 0.6) is 17.2 Å². The van der Waals surface area contributed by atoms with E-state index in [1.54, 1.807) is 33.9 Å². The van der Waals surface area contributed by atoms with Crippen molar-refractivity contribution < 1.29 is 14.2 Å². The molecule has 0 unspecified atom stereocenters. The van der Waals surface area contributed by atoms with Crippen molar-refractivity contribution in [3.8, 4) is 17.2 Å². The molecular formula is C21H25N5O3. The Bertz CT molecular complexity index is 975. The molecule has 1 fully saturated rings. The third-order valence-corrected chi connectivity index (χ3v) is 5.50. The largest absolute Gasteiger partial charge is 0.493 e. The van der Waals surface area contributed by atoms with Crippen molar-refractivity contribution in [2.75, 3.05) is 39.3 Å². The van der Waals surface area contributed by atoms with Crippen LogP contribution in [0, 0.1) is 5.92 Å².